The summed E-state index contributed by atoms with van der Waals surface area (Å²) in [4.78, 5) is 40.8. The van der Waals surface area contributed by atoms with Crippen LogP contribution < -0.4 is 10.9 Å². The van der Waals surface area contributed by atoms with Crippen LogP contribution in [-0.4, -0.2) is 47.6 Å². The first-order chi connectivity index (χ1) is 17.1. The average Bonchev–Trinajstić information content (AvgIpc) is 3.50. The third-order valence-electron chi connectivity index (χ3n) is 5.76. The number of benzene rings is 2. The molecule has 9 nitrogen and oxygen atoms in total. The van der Waals surface area contributed by atoms with E-state index in [-0.39, 0.29) is 23.9 Å². The Morgan fingerprint density at radius 3 is 2.69 bits per heavy atom. The minimum atomic E-state index is -0.271. The van der Waals surface area contributed by atoms with E-state index < -0.39 is 0 Å². The third kappa shape index (κ3) is 4.97. The Balaban J connectivity index is 1.32. The van der Waals surface area contributed by atoms with Crippen molar-refractivity contribution in [3.05, 3.63) is 82.8 Å². The second-order valence-corrected chi connectivity index (χ2v) is 9.17. The molecule has 0 radical (unpaired) electrons. The number of amides is 1. The highest BCUT2D eigenvalue weighted by molar-refractivity contribution is 7.98. The number of fused-ring (bicyclic) bond motifs is 2. The van der Waals surface area contributed by atoms with Gasteiger partial charge in [-0.15, -0.1) is 0 Å². The van der Waals surface area contributed by atoms with Gasteiger partial charge in [-0.1, -0.05) is 30.3 Å². The number of aryl methyl sites for hydroxylation is 1. The van der Waals surface area contributed by atoms with Crippen molar-refractivity contribution in [3.63, 3.8) is 0 Å². The Labute approximate surface area is 205 Å². The summed E-state index contributed by atoms with van der Waals surface area (Å²) in [6, 6.07) is 17.1. The molecule has 178 valence electrons. The molecular weight excluding hydrogens is 462 g/mol. The molecule has 0 aliphatic heterocycles. The molecule has 3 N–H and O–H groups in total. The molecule has 0 fully saturated rings. The van der Waals surface area contributed by atoms with Crippen LogP contribution in [0.3, 0.4) is 0 Å². The summed E-state index contributed by atoms with van der Waals surface area (Å²) in [5.41, 5.74) is 2.82. The molecule has 1 amide bonds. The fourth-order valence-corrected chi connectivity index (χ4v) is 4.46. The topological polar surface area (TPSA) is 121 Å². The zero-order chi connectivity index (χ0) is 24.2. The molecule has 5 rings (SSSR count). The van der Waals surface area contributed by atoms with Crippen LogP contribution >= 0.6 is 11.8 Å². The number of carbonyl (C=O) groups is 1. The largest absolute Gasteiger partial charge is 0.346 e. The minimum Gasteiger partial charge on any atom is -0.346 e. The lowest BCUT2D eigenvalue weighted by Crippen LogP contribution is -2.30. The third-order valence-corrected chi connectivity index (χ3v) is 6.40. The molecule has 10 heteroatoms. The number of H-pyrrole nitrogens is 2. The highest BCUT2D eigenvalue weighted by atomic mass is 32.2. The molecule has 1 atom stereocenters. The molecule has 5 aromatic rings. The van der Waals surface area contributed by atoms with Crippen LogP contribution in [0.25, 0.3) is 27.8 Å². The van der Waals surface area contributed by atoms with Gasteiger partial charge in [0.25, 0.3) is 5.56 Å². The van der Waals surface area contributed by atoms with E-state index in [9.17, 15) is 9.59 Å². The van der Waals surface area contributed by atoms with Gasteiger partial charge in [-0.3, -0.25) is 9.59 Å². The summed E-state index contributed by atoms with van der Waals surface area (Å²) in [6.45, 7) is 0. The van der Waals surface area contributed by atoms with E-state index in [0.717, 1.165) is 34.7 Å². The number of carbonyl (C=O) groups excluding carboxylic acids is 1. The number of aromatic amines is 2. The lowest BCUT2D eigenvalue weighted by molar-refractivity contribution is -0.121. The first kappa shape index (κ1) is 22.9. The SMILES string of the molecule is CSCC[C@@H](NC(=O)CCc1nc2c(cnn2-c2ccccc2)c(=O)[nH]1)c1nc2ccccc2[nH]1. The van der Waals surface area contributed by atoms with E-state index in [1.54, 1.807) is 16.4 Å². The molecule has 0 aliphatic rings. The van der Waals surface area contributed by atoms with Crippen molar-refractivity contribution in [2.45, 2.75) is 25.3 Å². The predicted octanol–water partition coefficient (Wildman–Crippen LogP) is 3.53. The lowest BCUT2D eigenvalue weighted by atomic mass is 10.2. The number of hydrogen-bond acceptors (Lipinski definition) is 6. The van der Waals surface area contributed by atoms with Crippen LogP contribution in [0.15, 0.2) is 65.6 Å². The Hall–Kier alpha value is -3.92. The number of aromatic nitrogens is 6. The molecule has 0 saturated heterocycles. The van der Waals surface area contributed by atoms with Crippen molar-refractivity contribution in [3.8, 4) is 5.69 Å². The maximum Gasteiger partial charge on any atom is 0.262 e. The maximum absolute atomic E-state index is 12.9. The Kier molecular flexibility index (Phi) is 6.62. The van der Waals surface area contributed by atoms with Crippen LogP contribution in [-0.2, 0) is 11.2 Å². The van der Waals surface area contributed by atoms with Gasteiger partial charge in [0.05, 0.1) is 29.0 Å². The normalized spacial score (nSPS) is 12.3. The van der Waals surface area contributed by atoms with E-state index in [2.05, 4.69) is 30.4 Å². The summed E-state index contributed by atoms with van der Waals surface area (Å²) in [5, 5.41) is 7.83. The molecule has 0 bridgehead atoms. The Morgan fingerprint density at radius 1 is 1.09 bits per heavy atom. The van der Waals surface area contributed by atoms with Gasteiger partial charge in [-0.2, -0.15) is 16.9 Å². The molecule has 2 aromatic carbocycles. The van der Waals surface area contributed by atoms with Crippen molar-refractivity contribution in [2.24, 2.45) is 0 Å². The molecule has 3 heterocycles. The highest BCUT2D eigenvalue weighted by Crippen LogP contribution is 2.20. The van der Waals surface area contributed by atoms with Crippen LogP contribution in [0.2, 0.25) is 0 Å². The van der Waals surface area contributed by atoms with E-state index in [4.69, 9.17) is 0 Å². The number of hydrogen-bond donors (Lipinski definition) is 3. The van der Waals surface area contributed by atoms with Gasteiger partial charge in [-0.25, -0.2) is 14.6 Å². The van der Waals surface area contributed by atoms with Gasteiger partial charge < -0.3 is 15.3 Å². The second kappa shape index (κ2) is 10.1. The van der Waals surface area contributed by atoms with Crippen molar-refractivity contribution in [1.82, 2.24) is 35.0 Å². The summed E-state index contributed by atoms with van der Waals surface area (Å²) in [6.07, 6.45) is 4.78. The summed E-state index contributed by atoms with van der Waals surface area (Å²) in [5.74, 6) is 1.95. The van der Waals surface area contributed by atoms with E-state index in [0.29, 0.717) is 23.3 Å². The van der Waals surface area contributed by atoms with Crippen LogP contribution in [0.4, 0.5) is 0 Å². The van der Waals surface area contributed by atoms with Gasteiger partial charge in [0.1, 0.15) is 17.0 Å². The molecule has 35 heavy (non-hydrogen) atoms. The van der Waals surface area contributed by atoms with Crippen molar-refractivity contribution in [1.29, 1.82) is 0 Å². The molecule has 0 unspecified atom stereocenters. The van der Waals surface area contributed by atoms with Gasteiger partial charge in [0, 0.05) is 12.8 Å². The summed E-state index contributed by atoms with van der Waals surface area (Å²) < 4.78 is 1.63. The quantitative estimate of drug-likeness (QED) is 0.292. The standard InChI is InChI=1S/C25H25N7O2S/c1-35-14-13-20(23-28-18-9-5-6-10-19(18)29-23)27-22(33)12-11-21-30-24-17(25(34)31-21)15-26-32(24)16-7-3-2-4-8-16/h2-10,15,20H,11-14H2,1H3,(H,27,33)(H,28,29)(H,30,31,34)/t20-/m1/s1. The smallest absolute Gasteiger partial charge is 0.262 e. The first-order valence-corrected chi connectivity index (χ1v) is 12.8. The van der Waals surface area contributed by atoms with Gasteiger partial charge in [-0.05, 0) is 42.7 Å². The molecular formula is C25H25N7O2S. The van der Waals surface area contributed by atoms with Crippen LogP contribution in [0, 0.1) is 0 Å². The molecule has 3 aromatic heterocycles. The zero-order valence-corrected chi connectivity index (χ0v) is 20.0. The fraction of sp³-hybridized carbons (Fsp3) is 0.240. The molecule has 0 spiro atoms. The van der Waals surface area contributed by atoms with E-state index in [1.165, 1.54) is 6.20 Å². The first-order valence-electron chi connectivity index (χ1n) is 11.4. The van der Waals surface area contributed by atoms with Gasteiger partial charge >= 0.3 is 0 Å². The minimum absolute atomic E-state index is 0.129. The van der Waals surface area contributed by atoms with Crippen molar-refractivity contribution >= 4 is 39.7 Å². The number of rotatable bonds is 9. The number of thioether (sulfide) groups is 1. The molecule has 0 saturated carbocycles. The van der Waals surface area contributed by atoms with Crippen LogP contribution in [0.5, 0.6) is 0 Å². The second-order valence-electron chi connectivity index (χ2n) is 8.18. The van der Waals surface area contributed by atoms with Crippen molar-refractivity contribution < 1.29 is 4.79 Å². The number of nitrogens with zero attached hydrogens (tertiary/aromatic N) is 4. The number of nitrogens with one attached hydrogen (secondary N) is 3. The average molecular weight is 488 g/mol. The Morgan fingerprint density at radius 2 is 1.89 bits per heavy atom. The van der Waals surface area contributed by atoms with E-state index in [1.807, 2.05) is 60.9 Å². The maximum atomic E-state index is 12.9. The monoisotopic (exact) mass is 487 g/mol. The lowest BCUT2D eigenvalue weighted by Gasteiger charge is -2.16. The molecule has 0 aliphatic carbocycles. The highest BCUT2D eigenvalue weighted by Gasteiger charge is 2.19. The van der Waals surface area contributed by atoms with Gasteiger partial charge in [0.15, 0.2) is 5.65 Å². The van der Waals surface area contributed by atoms with E-state index >= 15 is 0 Å². The summed E-state index contributed by atoms with van der Waals surface area (Å²) in [7, 11) is 0. The Bertz CT molecular complexity index is 1490. The summed E-state index contributed by atoms with van der Waals surface area (Å²) >= 11 is 1.72. The number of para-hydroxylation sites is 3. The van der Waals surface area contributed by atoms with Crippen molar-refractivity contribution in [2.75, 3.05) is 12.0 Å². The number of imidazole rings is 1. The van der Waals surface area contributed by atoms with Gasteiger partial charge in [0.2, 0.25) is 5.91 Å². The predicted molar refractivity (Wildman–Crippen MR) is 138 cm³/mol. The zero-order valence-electron chi connectivity index (χ0n) is 19.2. The fourth-order valence-electron chi connectivity index (χ4n) is 3.99. The van der Waals surface area contributed by atoms with Crippen LogP contribution in [0.1, 0.15) is 30.5 Å².